The van der Waals surface area contributed by atoms with Gasteiger partial charge in [0.05, 0.1) is 18.9 Å². The van der Waals surface area contributed by atoms with Crippen LogP contribution in [0.25, 0.3) is 0 Å². The van der Waals surface area contributed by atoms with E-state index in [1.165, 1.54) is 12.8 Å². The Morgan fingerprint density at radius 2 is 2.00 bits per heavy atom. The summed E-state index contributed by atoms with van der Waals surface area (Å²) in [6.07, 6.45) is 6.83. The summed E-state index contributed by atoms with van der Waals surface area (Å²) in [5.74, 6) is 1.91. The minimum atomic E-state index is 0.304. The molecule has 2 aliphatic heterocycles. The largest absolute Gasteiger partial charge is 0.378 e. The van der Waals surface area contributed by atoms with Gasteiger partial charge in [0.2, 0.25) is 5.91 Å². The lowest BCUT2D eigenvalue weighted by Gasteiger charge is -2.32. The van der Waals surface area contributed by atoms with E-state index in [2.05, 4.69) is 21.8 Å². The smallest absolute Gasteiger partial charge is 0.222 e. The molecule has 2 saturated heterocycles. The summed E-state index contributed by atoms with van der Waals surface area (Å²) in [7, 11) is 0. The van der Waals surface area contributed by atoms with Crippen LogP contribution in [0.15, 0.2) is 12.3 Å². The minimum absolute atomic E-state index is 0.304. The van der Waals surface area contributed by atoms with Gasteiger partial charge < -0.3 is 9.64 Å². The van der Waals surface area contributed by atoms with Crippen molar-refractivity contribution in [3.8, 4) is 0 Å². The first-order chi connectivity index (χ1) is 12.2. The van der Waals surface area contributed by atoms with Crippen molar-refractivity contribution < 1.29 is 9.53 Å². The van der Waals surface area contributed by atoms with Gasteiger partial charge in [-0.1, -0.05) is 6.92 Å². The van der Waals surface area contributed by atoms with Gasteiger partial charge in [-0.25, -0.2) is 9.97 Å². The molecule has 0 radical (unpaired) electrons. The molecule has 0 saturated carbocycles. The molecule has 1 aromatic rings. The zero-order valence-electron chi connectivity index (χ0n) is 15.3. The maximum absolute atomic E-state index is 12.3. The molecule has 1 amide bonds. The predicted octanol–water partition coefficient (Wildman–Crippen LogP) is 1.89. The van der Waals surface area contributed by atoms with Gasteiger partial charge in [0, 0.05) is 38.7 Å². The van der Waals surface area contributed by atoms with Crippen molar-refractivity contribution in [3.05, 3.63) is 23.8 Å². The highest BCUT2D eigenvalue weighted by Gasteiger charge is 2.22. The van der Waals surface area contributed by atoms with Crippen LogP contribution in [0, 0.1) is 5.92 Å². The van der Waals surface area contributed by atoms with Crippen LogP contribution in [0.3, 0.4) is 0 Å². The van der Waals surface area contributed by atoms with Crippen LogP contribution in [0.4, 0.5) is 0 Å². The van der Waals surface area contributed by atoms with Crippen molar-refractivity contribution >= 4 is 5.91 Å². The van der Waals surface area contributed by atoms with Crippen molar-refractivity contribution in [2.45, 2.75) is 45.6 Å². The van der Waals surface area contributed by atoms with Gasteiger partial charge in [-0.15, -0.1) is 0 Å². The first-order valence-corrected chi connectivity index (χ1v) is 9.63. The van der Waals surface area contributed by atoms with Gasteiger partial charge in [0.15, 0.2) is 0 Å². The van der Waals surface area contributed by atoms with Crippen molar-refractivity contribution in [1.82, 2.24) is 19.8 Å². The summed E-state index contributed by atoms with van der Waals surface area (Å²) in [4.78, 5) is 25.6. The molecule has 0 aromatic carbocycles. The number of morpholine rings is 1. The Morgan fingerprint density at radius 3 is 2.72 bits per heavy atom. The molecule has 3 rings (SSSR count). The van der Waals surface area contributed by atoms with Crippen molar-refractivity contribution in [1.29, 1.82) is 0 Å². The van der Waals surface area contributed by atoms with Crippen LogP contribution in [0.1, 0.15) is 44.1 Å². The lowest BCUT2D eigenvalue weighted by molar-refractivity contribution is -0.135. The Kier molecular flexibility index (Phi) is 6.76. The molecule has 2 aliphatic rings. The molecule has 6 heteroatoms. The number of likely N-dealkylation sites (tertiary alicyclic amines) is 1. The maximum atomic E-state index is 12.3. The summed E-state index contributed by atoms with van der Waals surface area (Å²) in [5, 5.41) is 0. The number of hydrogen-bond donors (Lipinski definition) is 0. The molecule has 0 atom stereocenters. The molecule has 0 bridgehead atoms. The second kappa shape index (κ2) is 9.25. The van der Waals surface area contributed by atoms with Crippen molar-refractivity contribution in [2.24, 2.45) is 5.92 Å². The second-order valence-corrected chi connectivity index (χ2v) is 7.07. The van der Waals surface area contributed by atoms with E-state index in [0.29, 0.717) is 31.5 Å². The molecular weight excluding hydrogens is 316 g/mol. The summed E-state index contributed by atoms with van der Waals surface area (Å²) in [6.45, 7) is 8.09. The molecular formula is C19H30N4O2. The summed E-state index contributed by atoms with van der Waals surface area (Å²) in [6, 6.07) is 2.02. The van der Waals surface area contributed by atoms with E-state index in [-0.39, 0.29) is 0 Å². The number of carbonyl (C=O) groups is 1. The average Bonchev–Trinajstić information content (AvgIpc) is 2.68. The number of aromatic nitrogens is 2. The fourth-order valence-corrected chi connectivity index (χ4v) is 3.66. The minimum Gasteiger partial charge on any atom is -0.378 e. The standard InChI is InChI=1S/C19H30N4O2/c1-2-18-20-8-5-17(21-18)15-22-9-6-16(7-10-22)3-4-19(24)23-11-13-25-14-12-23/h5,8,16H,2-4,6-7,9-15H2,1H3. The number of amides is 1. The van der Waals surface area contributed by atoms with Crippen molar-refractivity contribution in [3.63, 3.8) is 0 Å². The monoisotopic (exact) mass is 346 g/mol. The molecule has 0 N–H and O–H groups in total. The molecule has 2 fully saturated rings. The quantitative estimate of drug-likeness (QED) is 0.787. The molecule has 0 spiro atoms. The van der Waals surface area contributed by atoms with E-state index in [1.807, 2.05) is 17.2 Å². The van der Waals surface area contributed by atoms with E-state index in [1.54, 1.807) is 0 Å². The van der Waals surface area contributed by atoms with E-state index < -0.39 is 0 Å². The number of ether oxygens (including phenoxy) is 1. The fraction of sp³-hybridized carbons (Fsp3) is 0.737. The third-order valence-electron chi connectivity index (χ3n) is 5.30. The number of aryl methyl sites for hydroxylation is 1. The van der Waals surface area contributed by atoms with Crippen LogP contribution in [0.5, 0.6) is 0 Å². The van der Waals surface area contributed by atoms with Crippen LogP contribution in [0.2, 0.25) is 0 Å². The Bertz CT molecular complexity index is 552. The lowest BCUT2D eigenvalue weighted by Crippen LogP contribution is -2.41. The predicted molar refractivity (Wildman–Crippen MR) is 96.0 cm³/mol. The van der Waals surface area contributed by atoms with E-state index in [4.69, 9.17) is 4.74 Å². The van der Waals surface area contributed by atoms with Crippen LogP contribution < -0.4 is 0 Å². The highest BCUT2D eigenvalue weighted by Crippen LogP contribution is 2.23. The Hall–Kier alpha value is -1.53. The summed E-state index contributed by atoms with van der Waals surface area (Å²) >= 11 is 0. The van der Waals surface area contributed by atoms with Crippen LogP contribution >= 0.6 is 0 Å². The Labute approximate surface area is 150 Å². The molecule has 25 heavy (non-hydrogen) atoms. The van der Waals surface area contributed by atoms with E-state index in [0.717, 1.165) is 57.1 Å². The normalized spacial score (nSPS) is 20.0. The highest BCUT2D eigenvalue weighted by molar-refractivity contribution is 5.76. The molecule has 3 heterocycles. The third kappa shape index (κ3) is 5.47. The van der Waals surface area contributed by atoms with Gasteiger partial charge in [0.1, 0.15) is 5.82 Å². The molecule has 0 aliphatic carbocycles. The zero-order valence-corrected chi connectivity index (χ0v) is 15.3. The second-order valence-electron chi connectivity index (χ2n) is 7.07. The number of carbonyl (C=O) groups excluding carboxylic acids is 1. The number of piperidine rings is 1. The SMILES string of the molecule is CCc1nccc(CN2CCC(CCC(=O)N3CCOCC3)CC2)n1. The van der Waals surface area contributed by atoms with Gasteiger partial charge >= 0.3 is 0 Å². The fourth-order valence-electron chi connectivity index (χ4n) is 3.66. The topological polar surface area (TPSA) is 58.6 Å². The number of nitrogens with zero attached hydrogens (tertiary/aromatic N) is 4. The van der Waals surface area contributed by atoms with E-state index >= 15 is 0 Å². The zero-order chi connectivity index (χ0) is 17.5. The average molecular weight is 346 g/mol. The Morgan fingerprint density at radius 1 is 1.24 bits per heavy atom. The molecule has 0 unspecified atom stereocenters. The summed E-state index contributed by atoms with van der Waals surface area (Å²) in [5.41, 5.74) is 1.12. The van der Waals surface area contributed by atoms with Gasteiger partial charge in [-0.05, 0) is 44.3 Å². The molecule has 138 valence electrons. The highest BCUT2D eigenvalue weighted by atomic mass is 16.5. The van der Waals surface area contributed by atoms with Gasteiger partial charge in [-0.2, -0.15) is 0 Å². The first-order valence-electron chi connectivity index (χ1n) is 9.63. The number of hydrogen-bond acceptors (Lipinski definition) is 5. The maximum Gasteiger partial charge on any atom is 0.222 e. The van der Waals surface area contributed by atoms with Crippen molar-refractivity contribution in [2.75, 3.05) is 39.4 Å². The number of rotatable bonds is 6. The van der Waals surface area contributed by atoms with E-state index in [9.17, 15) is 4.79 Å². The van der Waals surface area contributed by atoms with Gasteiger partial charge in [-0.3, -0.25) is 9.69 Å². The summed E-state index contributed by atoms with van der Waals surface area (Å²) < 4.78 is 5.31. The Balaban J connectivity index is 1.37. The van der Waals surface area contributed by atoms with Crippen LogP contribution in [-0.2, 0) is 22.5 Å². The van der Waals surface area contributed by atoms with Gasteiger partial charge in [0.25, 0.3) is 0 Å². The lowest BCUT2D eigenvalue weighted by atomic mass is 9.92. The molecule has 6 nitrogen and oxygen atoms in total. The van der Waals surface area contributed by atoms with Crippen LogP contribution in [-0.4, -0.2) is 65.1 Å². The first kappa shape index (κ1) is 18.3. The third-order valence-corrected chi connectivity index (χ3v) is 5.30. The molecule has 1 aromatic heterocycles.